The first-order valence-corrected chi connectivity index (χ1v) is 12.4. The van der Waals surface area contributed by atoms with E-state index in [2.05, 4.69) is 22.0 Å². The second-order valence-electron chi connectivity index (χ2n) is 10.4. The number of benzene rings is 1. The molecule has 2 saturated heterocycles. The molecule has 1 N–H and O–H groups in total. The summed E-state index contributed by atoms with van der Waals surface area (Å²) in [4.78, 5) is 11.0. The Morgan fingerprint density at radius 1 is 1.29 bits per heavy atom. The van der Waals surface area contributed by atoms with E-state index in [1.54, 1.807) is 13.2 Å². The Hall–Kier alpha value is -2.06. The molecule has 0 bridgehead atoms. The van der Waals surface area contributed by atoms with Crippen molar-refractivity contribution in [3.8, 4) is 0 Å². The number of nitrogens with zero attached hydrogens (tertiary/aromatic N) is 2. The Kier molecular flexibility index (Phi) is 6.40. The molecule has 3 heterocycles. The van der Waals surface area contributed by atoms with Gasteiger partial charge in [-0.25, -0.2) is 0 Å². The predicted octanol–water partition coefficient (Wildman–Crippen LogP) is 5.60. The Balaban J connectivity index is 1.33. The van der Waals surface area contributed by atoms with Gasteiger partial charge >= 0.3 is 6.18 Å². The van der Waals surface area contributed by atoms with E-state index >= 15 is 0 Å². The Labute approximate surface area is 198 Å². The molecule has 8 heteroatoms. The van der Waals surface area contributed by atoms with Crippen LogP contribution < -0.4 is 0 Å². The fourth-order valence-electron chi connectivity index (χ4n) is 6.49. The zero-order chi connectivity index (χ0) is 23.9. The van der Waals surface area contributed by atoms with E-state index < -0.39 is 11.7 Å². The number of aromatic amines is 1. The summed E-state index contributed by atoms with van der Waals surface area (Å²) in [5.41, 5.74) is 2.49. The van der Waals surface area contributed by atoms with Gasteiger partial charge in [0.2, 0.25) is 0 Å². The van der Waals surface area contributed by atoms with Gasteiger partial charge in [0.15, 0.2) is 0 Å². The first kappa shape index (κ1) is 23.7. The minimum atomic E-state index is -4.33. The van der Waals surface area contributed by atoms with Gasteiger partial charge in [0, 0.05) is 41.8 Å². The van der Waals surface area contributed by atoms with E-state index in [1.807, 2.05) is 6.21 Å². The molecule has 5 rings (SSSR count). The monoisotopic (exact) mass is 477 g/mol. The van der Waals surface area contributed by atoms with Gasteiger partial charge in [0.25, 0.3) is 0 Å². The highest BCUT2D eigenvalue weighted by Gasteiger charge is 2.41. The molecule has 186 valence electrons. The molecule has 34 heavy (non-hydrogen) atoms. The predicted molar refractivity (Wildman–Crippen MR) is 126 cm³/mol. The van der Waals surface area contributed by atoms with Crippen molar-refractivity contribution in [3.63, 3.8) is 0 Å². The summed E-state index contributed by atoms with van der Waals surface area (Å²) >= 11 is 0. The average molecular weight is 478 g/mol. The first-order chi connectivity index (χ1) is 16.3. The molecule has 0 amide bonds. The third-order valence-corrected chi connectivity index (χ3v) is 8.55. The van der Waals surface area contributed by atoms with Gasteiger partial charge in [-0.05, 0) is 86.7 Å². The SMILES string of the molecule is CO/N=C/C1(CCN2CC[C@@H]3Cc4[nH]c5ccc(C(F)(F)F)cc5c4[C@H](C)C3C2)CCOCC1. The van der Waals surface area contributed by atoms with Gasteiger partial charge in [-0.3, -0.25) is 0 Å². The lowest BCUT2D eigenvalue weighted by molar-refractivity contribution is -0.137. The van der Waals surface area contributed by atoms with Gasteiger partial charge in [-0.15, -0.1) is 0 Å². The normalized spacial score (nSPS) is 27.6. The van der Waals surface area contributed by atoms with Crippen LogP contribution in [0, 0.1) is 17.3 Å². The van der Waals surface area contributed by atoms with Crippen molar-refractivity contribution in [2.75, 3.05) is 40.0 Å². The summed E-state index contributed by atoms with van der Waals surface area (Å²) in [6.07, 6.45) is 2.62. The molecular weight excluding hydrogens is 443 g/mol. The number of alkyl halides is 3. The molecule has 3 atom stereocenters. The van der Waals surface area contributed by atoms with Crippen LogP contribution in [0.4, 0.5) is 13.2 Å². The Bertz CT molecular complexity index is 1040. The lowest BCUT2D eigenvalue weighted by Gasteiger charge is -2.45. The maximum Gasteiger partial charge on any atom is 0.416 e. The van der Waals surface area contributed by atoms with Crippen LogP contribution in [0.1, 0.15) is 55.3 Å². The first-order valence-electron chi connectivity index (χ1n) is 12.4. The van der Waals surface area contributed by atoms with Crippen molar-refractivity contribution < 1.29 is 22.7 Å². The largest absolute Gasteiger partial charge is 0.416 e. The molecule has 3 aliphatic rings. The number of halogens is 3. The number of ether oxygens (including phenoxy) is 1. The van der Waals surface area contributed by atoms with Crippen LogP contribution in [0.2, 0.25) is 0 Å². The zero-order valence-electron chi connectivity index (χ0n) is 20.0. The number of hydrogen-bond donors (Lipinski definition) is 1. The van der Waals surface area contributed by atoms with Crippen molar-refractivity contribution in [2.45, 2.75) is 51.1 Å². The van der Waals surface area contributed by atoms with E-state index in [9.17, 15) is 13.2 Å². The molecule has 1 aromatic carbocycles. The van der Waals surface area contributed by atoms with Crippen LogP contribution >= 0.6 is 0 Å². The van der Waals surface area contributed by atoms with Crippen molar-refractivity contribution in [1.29, 1.82) is 0 Å². The van der Waals surface area contributed by atoms with Gasteiger partial charge in [0.1, 0.15) is 7.11 Å². The lowest BCUT2D eigenvalue weighted by atomic mass is 9.68. The van der Waals surface area contributed by atoms with Crippen LogP contribution in [0.3, 0.4) is 0 Å². The summed E-state index contributed by atoms with van der Waals surface area (Å²) in [6, 6.07) is 4.11. The minimum absolute atomic E-state index is 0.0152. The lowest BCUT2D eigenvalue weighted by Crippen LogP contribution is -2.46. The fourth-order valence-corrected chi connectivity index (χ4v) is 6.49. The number of nitrogens with one attached hydrogen (secondary N) is 1. The summed E-state index contributed by atoms with van der Waals surface area (Å²) in [6.45, 7) is 6.75. The van der Waals surface area contributed by atoms with E-state index in [4.69, 9.17) is 9.57 Å². The third-order valence-electron chi connectivity index (χ3n) is 8.55. The van der Waals surface area contributed by atoms with Gasteiger partial charge < -0.3 is 19.5 Å². The second kappa shape index (κ2) is 9.19. The number of oxime groups is 1. The summed E-state index contributed by atoms with van der Waals surface area (Å²) in [5.74, 6) is 1.25. The quantitative estimate of drug-likeness (QED) is 0.450. The van der Waals surface area contributed by atoms with E-state index in [1.165, 1.54) is 12.1 Å². The number of piperidine rings is 1. The zero-order valence-corrected chi connectivity index (χ0v) is 20.0. The van der Waals surface area contributed by atoms with Gasteiger partial charge in [-0.1, -0.05) is 12.1 Å². The second-order valence-corrected chi connectivity index (χ2v) is 10.4. The number of fused-ring (bicyclic) bond motifs is 4. The molecule has 2 fully saturated rings. The third kappa shape index (κ3) is 4.47. The Morgan fingerprint density at radius 3 is 2.82 bits per heavy atom. The molecule has 1 aliphatic carbocycles. The number of aromatic nitrogens is 1. The maximum atomic E-state index is 13.4. The smallest absolute Gasteiger partial charge is 0.399 e. The van der Waals surface area contributed by atoms with Crippen molar-refractivity contribution >= 4 is 17.1 Å². The number of H-pyrrole nitrogens is 1. The van der Waals surface area contributed by atoms with Crippen LogP contribution in [0.25, 0.3) is 10.9 Å². The highest BCUT2D eigenvalue weighted by atomic mass is 19.4. The van der Waals surface area contributed by atoms with Crippen molar-refractivity contribution in [2.24, 2.45) is 22.4 Å². The molecule has 2 aromatic rings. The minimum Gasteiger partial charge on any atom is -0.399 e. The number of rotatable bonds is 5. The molecule has 0 spiro atoms. The van der Waals surface area contributed by atoms with Crippen LogP contribution in [0.5, 0.6) is 0 Å². The summed E-state index contributed by atoms with van der Waals surface area (Å²) in [5, 5.41) is 4.84. The summed E-state index contributed by atoms with van der Waals surface area (Å²) < 4.78 is 45.7. The standard InChI is InChI=1S/C26H34F3N3O2/c1-17-21-15-32(10-6-25(16-30-33-2)7-11-34-12-8-25)9-5-18(21)13-23-24(17)20-14-19(26(27,28)29)3-4-22(20)31-23/h3-4,14,16-18,21,31H,5-13,15H2,1-2H3/b30-16+/t17-,18-,21?/m1/s1. The van der Waals surface area contributed by atoms with Crippen LogP contribution in [-0.4, -0.2) is 56.1 Å². The van der Waals surface area contributed by atoms with E-state index in [0.717, 1.165) is 87.1 Å². The topological polar surface area (TPSA) is 49.8 Å². The number of likely N-dealkylation sites (tertiary alicyclic amines) is 1. The highest BCUT2D eigenvalue weighted by Crippen LogP contribution is 2.47. The molecule has 2 aliphatic heterocycles. The molecule has 1 aromatic heterocycles. The van der Waals surface area contributed by atoms with Gasteiger partial charge in [-0.2, -0.15) is 13.2 Å². The molecule has 0 saturated carbocycles. The van der Waals surface area contributed by atoms with Crippen molar-refractivity contribution in [3.05, 3.63) is 35.0 Å². The van der Waals surface area contributed by atoms with Crippen LogP contribution in [0.15, 0.2) is 23.4 Å². The van der Waals surface area contributed by atoms with Gasteiger partial charge in [0.05, 0.1) is 11.8 Å². The molecular formula is C26H34F3N3O2. The number of hydrogen-bond acceptors (Lipinski definition) is 4. The average Bonchev–Trinajstić information content (AvgIpc) is 3.20. The van der Waals surface area contributed by atoms with Crippen LogP contribution in [-0.2, 0) is 22.2 Å². The Morgan fingerprint density at radius 2 is 2.09 bits per heavy atom. The molecule has 0 radical (unpaired) electrons. The highest BCUT2D eigenvalue weighted by molar-refractivity contribution is 5.86. The molecule has 1 unspecified atom stereocenters. The summed E-state index contributed by atoms with van der Waals surface area (Å²) in [7, 11) is 1.58. The van der Waals surface area contributed by atoms with E-state index in [0.29, 0.717) is 11.8 Å². The maximum absolute atomic E-state index is 13.4. The fraction of sp³-hybridized carbons (Fsp3) is 0.654. The van der Waals surface area contributed by atoms with Crippen molar-refractivity contribution in [1.82, 2.24) is 9.88 Å². The molecule has 5 nitrogen and oxygen atoms in total. The van der Waals surface area contributed by atoms with E-state index in [-0.39, 0.29) is 11.3 Å².